The lowest BCUT2D eigenvalue weighted by atomic mass is 9.97. The Morgan fingerprint density at radius 1 is 0.694 bits per heavy atom. The van der Waals surface area contributed by atoms with Crippen molar-refractivity contribution in [3.8, 4) is 0 Å². The number of nitrogens with one attached hydrogen (secondary N) is 1. The van der Waals surface area contributed by atoms with Gasteiger partial charge in [0.1, 0.15) is 0 Å². The first kappa shape index (κ1) is 23.0. The van der Waals surface area contributed by atoms with E-state index in [1.165, 1.54) is 0 Å². The Labute approximate surface area is 208 Å². The topological polar surface area (TPSA) is 76.2 Å². The first-order chi connectivity index (χ1) is 17.5. The third kappa shape index (κ3) is 4.46. The highest BCUT2D eigenvalue weighted by Gasteiger charge is 2.30. The lowest BCUT2D eigenvalue weighted by molar-refractivity contribution is 0.0279. The minimum atomic E-state index is -1.18. The number of aryl methyl sites for hydroxylation is 1. The van der Waals surface area contributed by atoms with E-state index in [-0.39, 0.29) is 22.7 Å². The Bertz CT molecular complexity index is 1570. The Morgan fingerprint density at radius 2 is 1.33 bits per heavy atom. The number of ketones is 2. The molecule has 0 spiro atoms. The third-order valence-electron chi connectivity index (χ3n) is 6.13. The van der Waals surface area contributed by atoms with Crippen LogP contribution in [0, 0.1) is 6.92 Å². The van der Waals surface area contributed by atoms with E-state index in [1.54, 1.807) is 66.9 Å². The number of ether oxygens (including phenoxy) is 1. The highest BCUT2D eigenvalue weighted by atomic mass is 16.5. The lowest BCUT2D eigenvalue weighted by Gasteiger charge is -2.18. The number of aromatic amines is 1. The number of para-hydroxylation sites is 1. The van der Waals surface area contributed by atoms with Crippen molar-refractivity contribution in [2.24, 2.45) is 0 Å². The summed E-state index contributed by atoms with van der Waals surface area (Å²) in [7, 11) is 0. The number of carbonyl (C=O) groups excluding carboxylic acids is 3. The fraction of sp³-hybridized carbons (Fsp3) is 0.0645. The van der Waals surface area contributed by atoms with Gasteiger partial charge in [-0.25, -0.2) is 4.79 Å². The van der Waals surface area contributed by atoms with Crippen molar-refractivity contribution in [3.63, 3.8) is 0 Å². The van der Waals surface area contributed by atoms with Crippen molar-refractivity contribution in [1.29, 1.82) is 0 Å². The molecule has 0 saturated heterocycles. The summed E-state index contributed by atoms with van der Waals surface area (Å²) in [6.45, 7) is 1.94. The van der Waals surface area contributed by atoms with Crippen LogP contribution in [-0.2, 0) is 4.74 Å². The van der Waals surface area contributed by atoms with Crippen LogP contribution in [0.3, 0.4) is 0 Å². The van der Waals surface area contributed by atoms with Crippen molar-refractivity contribution < 1.29 is 19.1 Å². The summed E-state index contributed by atoms with van der Waals surface area (Å²) in [5, 5.41) is 0.745. The molecule has 0 radical (unpaired) electrons. The van der Waals surface area contributed by atoms with Crippen LogP contribution >= 0.6 is 0 Å². The Morgan fingerprint density at radius 3 is 2.08 bits per heavy atom. The lowest BCUT2D eigenvalue weighted by Crippen LogP contribution is -2.21. The highest BCUT2D eigenvalue weighted by molar-refractivity contribution is 6.15. The number of aromatic nitrogens is 1. The van der Waals surface area contributed by atoms with E-state index in [0.29, 0.717) is 16.7 Å². The molecule has 5 aromatic rings. The molecule has 36 heavy (non-hydrogen) atoms. The second-order valence-corrected chi connectivity index (χ2v) is 8.55. The molecule has 1 atom stereocenters. The van der Waals surface area contributed by atoms with Gasteiger partial charge in [0.15, 0.2) is 11.9 Å². The Kier molecular flexibility index (Phi) is 6.29. The average Bonchev–Trinajstić information content (AvgIpc) is 3.36. The zero-order chi connectivity index (χ0) is 25.1. The Hall–Kier alpha value is -4.77. The van der Waals surface area contributed by atoms with Crippen LogP contribution in [0.2, 0.25) is 0 Å². The maximum Gasteiger partial charge on any atom is 0.339 e. The molecular formula is C31H23NO4. The van der Waals surface area contributed by atoms with Crippen LogP contribution in [0.4, 0.5) is 0 Å². The van der Waals surface area contributed by atoms with Crippen molar-refractivity contribution in [2.45, 2.75) is 13.0 Å². The van der Waals surface area contributed by atoms with Crippen molar-refractivity contribution in [2.75, 3.05) is 0 Å². The molecule has 5 heteroatoms. The zero-order valence-corrected chi connectivity index (χ0v) is 19.6. The second kappa shape index (κ2) is 9.84. The van der Waals surface area contributed by atoms with Gasteiger partial charge in [0, 0.05) is 39.4 Å². The first-order valence-electron chi connectivity index (χ1n) is 11.6. The average molecular weight is 474 g/mol. The van der Waals surface area contributed by atoms with E-state index >= 15 is 0 Å². The van der Waals surface area contributed by atoms with Crippen LogP contribution < -0.4 is 0 Å². The molecule has 0 fully saturated rings. The van der Waals surface area contributed by atoms with E-state index in [2.05, 4.69) is 4.98 Å². The molecular weight excluding hydrogens is 450 g/mol. The van der Waals surface area contributed by atoms with E-state index in [1.807, 2.05) is 49.4 Å². The second-order valence-electron chi connectivity index (χ2n) is 8.55. The van der Waals surface area contributed by atoms with E-state index in [4.69, 9.17) is 4.74 Å². The molecule has 5 nitrogen and oxygen atoms in total. The molecule has 1 N–H and O–H groups in total. The molecule has 0 aliphatic heterocycles. The SMILES string of the molecule is Cc1ccc(C(=O)c2ccccc2C(=O)O[C@@H](C(=O)c2c[nH]c3ccccc23)c2ccccc2)cc1. The van der Waals surface area contributed by atoms with Gasteiger partial charge >= 0.3 is 5.97 Å². The quantitative estimate of drug-likeness (QED) is 0.217. The van der Waals surface area contributed by atoms with Gasteiger partial charge in [-0.15, -0.1) is 0 Å². The summed E-state index contributed by atoms with van der Waals surface area (Å²) in [5.74, 6) is -1.38. The molecule has 5 rings (SSSR count). The maximum absolute atomic E-state index is 13.7. The van der Waals surface area contributed by atoms with E-state index in [0.717, 1.165) is 16.5 Å². The van der Waals surface area contributed by atoms with Crippen molar-refractivity contribution in [3.05, 3.63) is 143 Å². The van der Waals surface area contributed by atoms with Crippen LogP contribution in [0.1, 0.15) is 53.9 Å². The first-order valence-corrected chi connectivity index (χ1v) is 11.6. The van der Waals surface area contributed by atoms with Crippen LogP contribution in [-0.4, -0.2) is 22.5 Å². The zero-order valence-electron chi connectivity index (χ0n) is 19.6. The molecule has 1 heterocycles. The minimum Gasteiger partial charge on any atom is -0.445 e. The number of benzene rings is 4. The molecule has 0 amide bonds. The highest BCUT2D eigenvalue weighted by Crippen LogP contribution is 2.29. The number of hydrogen-bond acceptors (Lipinski definition) is 4. The van der Waals surface area contributed by atoms with Gasteiger partial charge in [0.05, 0.1) is 5.56 Å². The standard InChI is InChI=1S/C31H23NO4/c1-20-15-17-21(18-16-20)28(33)24-12-5-6-13-25(24)31(35)36-30(22-9-3-2-4-10-22)29(34)26-19-32-27-14-8-7-11-23(26)27/h2-19,30,32H,1H3/t30-/m1/s1. The normalized spacial score (nSPS) is 11.7. The molecule has 0 aliphatic carbocycles. The fourth-order valence-corrected chi connectivity index (χ4v) is 4.21. The van der Waals surface area contributed by atoms with Gasteiger partial charge in [-0.3, -0.25) is 9.59 Å². The molecule has 0 saturated carbocycles. The number of carbonyl (C=O) groups is 3. The summed E-state index contributed by atoms with van der Waals surface area (Å²) in [6.07, 6.45) is 0.450. The van der Waals surface area contributed by atoms with Crippen molar-refractivity contribution >= 4 is 28.4 Å². The fourth-order valence-electron chi connectivity index (χ4n) is 4.21. The molecule has 0 bridgehead atoms. The molecule has 1 aromatic heterocycles. The number of hydrogen-bond donors (Lipinski definition) is 1. The monoisotopic (exact) mass is 473 g/mol. The smallest absolute Gasteiger partial charge is 0.339 e. The maximum atomic E-state index is 13.7. The van der Waals surface area contributed by atoms with Crippen LogP contribution in [0.15, 0.2) is 109 Å². The third-order valence-corrected chi connectivity index (χ3v) is 6.13. The number of Topliss-reactive ketones (excluding diaryl/α,β-unsaturated/α-hetero) is 1. The van der Waals surface area contributed by atoms with E-state index in [9.17, 15) is 14.4 Å². The van der Waals surface area contributed by atoms with Gasteiger partial charge in [0.2, 0.25) is 5.78 Å². The van der Waals surface area contributed by atoms with Gasteiger partial charge in [-0.05, 0) is 19.1 Å². The summed E-state index contributed by atoms with van der Waals surface area (Å²) in [4.78, 5) is 43.5. The minimum absolute atomic E-state index is 0.107. The number of H-pyrrole nitrogens is 1. The van der Waals surface area contributed by atoms with Crippen molar-refractivity contribution in [1.82, 2.24) is 4.98 Å². The number of fused-ring (bicyclic) bond motifs is 1. The molecule has 0 aliphatic rings. The van der Waals surface area contributed by atoms with Crippen LogP contribution in [0.25, 0.3) is 10.9 Å². The Balaban J connectivity index is 1.51. The largest absolute Gasteiger partial charge is 0.445 e. The summed E-state index contributed by atoms with van der Waals surface area (Å²) < 4.78 is 5.85. The summed E-state index contributed by atoms with van der Waals surface area (Å²) in [6, 6.07) is 30.0. The van der Waals surface area contributed by atoms with Gasteiger partial charge in [0.25, 0.3) is 0 Å². The predicted molar refractivity (Wildman–Crippen MR) is 138 cm³/mol. The number of rotatable bonds is 7. The van der Waals surface area contributed by atoms with Gasteiger partial charge in [-0.2, -0.15) is 0 Å². The molecule has 176 valence electrons. The predicted octanol–water partition coefficient (Wildman–Crippen LogP) is 6.49. The van der Waals surface area contributed by atoms with Crippen LogP contribution in [0.5, 0.6) is 0 Å². The summed E-state index contributed by atoms with van der Waals surface area (Å²) >= 11 is 0. The van der Waals surface area contributed by atoms with Gasteiger partial charge in [-0.1, -0.05) is 96.6 Å². The van der Waals surface area contributed by atoms with Gasteiger partial charge < -0.3 is 9.72 Å². The summed E-state index contributed by atoms with van der Waals surface area (Å²) in [5.41, 5.74) is 3.61. The molecule has 0 unspecified atom stereocenters. The molecule has 4 aromatic carbocycles. The van der Waals surface area contributed by atoms with E-state index < -0.39 is 12.1 Å². The number of esters is 1.